The van der Waals surface area contributed by atoms with E-state index in [1.54, 1.807) is 11.0 Å². The van der Waals surface area contributed by atoms with Crippen molar-refractivity contribution in [2.24, 2.45) is 0 Å². The van der Waals surface area contributed by atoms with Gasteiger partial charge in [-0.25, -0.2) is 4.39 Å². The maximum absolute atomic E-state index is 15.9. The van der Waals surface area contributed by atoms with Crippen LogP contribution in [0.1, 0.15) is 12.0 Å². The summed E-state index contributed by atoms with van der Waals surface area (Å²) in [4.78, 5) is 31.1. The topological polar surface area (TPSA) is 83.9 Å². The molecule has 9 nitrogen and oxygen atoms in total. The molecule has 0 spiro atoms. The third-order valence-corrected chi connectivity index (χ3v) is 7.52. The van der Waals surface area contributed by atoms with Gasteiger partial charge < -0.3 is 19.3 Å². The molecule has 1 aromatic carbocycles. The molecule has 0 atom stereocenters. The molecule has 224 valence electrons. The predicted molar refractivity (Wildman–Crippen MR) is 149 cm³/mol. The summed E-state index contributed by atoms with van der Waals surface area (Å²) < 4.78 is 67.9. The second-order valence-corrected chi connectivity index (χ2v) is 10.3. The number of methoxy groups -OCH3 is 1. The van der Waals surface area contributed by atoms with Crippen LogP contribution in [0, 0.1) is 5.82 Å². The number of pyridine rings is 1. The summed E-state index contributed by atoms with van der Waals surface area (Å²) in [5, 5.41) is -0.366. The zero-order chi connectivity index (χ0) is 29.9. The van der Waals surface area contributed by atoms with Gasteiger partial charge in [0.2, 0.25) is 5.91 Å². The highest BCUT2D eigenvalue weighted by Crippen LogP contribution is 2.42. The molecule has 2 fully saturated rings. The Kier molecular flexibility index (Phi) is 9.09. The van der Waals surface area contributed by atoms with E-state index in [9.17, 15) is 18.0 Å². The number of aromatic nitrogens is 3. The number of hydrogen-bond donors (Lipinski definition) is 0. The maximum atomic E-state index is 15.9. The number of alkyl halides is 3. The van der Waals surface area contributed by atoms with Gasteiger partial charge in [0.05, 0.1) is 29.7 Å². The zero-order valence-electron chi connectivity index (χ0n) is 22.8. The Bertz CT molecular complexity index is 1470. The number of halogens is 5. The van der Waals surface area contributed by atoms with E-state index in [1.165, 1.54) is 19.4 Å². The molecular weight excluding hydrogens is 580 g/mol. The van der Waals surface area contributed by atoms with Crippen molar-refractivity contribution in [3.05, 3.63) is 53.0 Å². The molecule has 0 aliphatic carbocycles. The van der Waals surface area contributed by atoms with Gasteiger partial charge in [0.15, 0.2) is 5.82 Å². The van der Waals surface area contributed by atoms with Gasteiger partial charge in [-0.05, 0) is 12.5 Å². The van der Waals surface area contributed by atoms with Crippen LogP contribution in [0.25, 0.3) is 22.2 Å². The predicted octanol–water partition coefficient (Wildman–Crippen LogP) is 4.44. The second kappa shape index (κ2) is 12.8. The Morgan fingerprint density at radius 1 is 1.12 bits per heavy atom. The Balaban J connectivity index is 1.36. The summed E-state index contributed by atoms with van der Waals surface area (Å²) in [6.45, 7) is 5.40. The third-order valence-electron chi connectivity index (χ3n) is 7.21. The number of carbonyl (C=O) groups excluding carboxylic acids is 1. The average molecular weight is 609 g/mol. The van der Waals surface area contributed by atoms with Crippen LogP contribution in [-0.2, 0) is 15.7 Å². The zero-order valence-corrected chi connectivity index (χ0v) is 23.6. The lowest BCUT2D eigenvalue weighted by Gasteiger charge is -2.35. The molecule has 0 saturated carbocycles. The molecule has 0 radical (unpaired) electrons. The number of amides is 1. The first-order valence-corrected chi connectivity index (χ1v) is 13.8. The monoisotopic (exact) mass is 608 g/mol. The highest BCUT2D eigenvalue weighted by atomic mass is 35.5. The summed E-state index contributed by atoms with van der Waals surface area (Å²) in [6.07, 6.45) is 0.814. The van der Waals surface area contributed by atoms with Crippen LogP contribution in [0.5, 0.6) is 6.01 Å². The van der Waals surface area contributed by atoms with Gasteiger partial charge in [-0.1, -0.05) is 29.8 Å². The highest BCUT2D eigenvalue weighted by molar-refractivity contribution is 6.31. The lowest BCUT2D eigenvalue weighted by Crippen LogP contribution is -2.48. The third kappa shape index (κ3) is 6.42. The highest BCUT2D eigenvalue weighted by Gasteiger charge is 2.37. The largest absolute Gasteiger partial charge is 0.467 e. The van der Waals surface area contributed by atoms with E-state index in [0.29, 0.717) is 45.1 Å². The van der Waals surface area contributed by atoms with Gasteiger partial charge in [0.25, 0.3) is 0 Å². The molecule has 0 unspecified atom stereocenters. The van der Waals surface area contributed by atoms with Crippen molar-refractivity contribution in [2.75, 3.05) is 71.0 Å². The van der Waals surface area contributed by atoms with E-state index in [-0.39, 0.29) is 22.8 Å². The number of anilines is 1. The lowest BCUT2D eigenvalue weighted by molar-refractivity contribution is -0.137. The molecular formula is C28H29ClF4N6O3. The van der Waals surface area contributed by atoms with Gasteiger partial charge in [0, 0.05) is 70.3 Å². The van der Waals surface area contributed by atoms with Gasteiger partial charge in [-0.3, -0.25) is 14.7 Å². The van der Waals surface area contributed by atoms with Gasteiger partial charge >= 0.3 is 12.2 Å². The van der Waals surface area contributed by atoms with Crippen LogP contribution in [0.3, 0.4) is 0 Å². The number of benzene rings is 1. The molecule has 1 amide bonds. The Labute approximate surface area is 244 Å². The molecule has 5 rings (SSSR count). The summed E-state index contributed by atoms with van der Waals surface area (Å²) in [6, 6.07) is 3.33. The van der Waals surface area contributed by atoms with Gasteiger partial charge in [0.1, 0.15) is 17.0 Å². The lowest BCUT2D eigenvalue weighted by atomic mass is 10.0. The van der Waals surface area contributed by atoms with Crippen LogP contribution in [0.15, 0.2) is 36.5 Å². The SMILES string of the molecule is COc1nc(N2CCN(C(=O)/C=C/CN3CCCOCC3)CC2)c2cnc(-c3cccc(Cl)c3C(F)(F)F)c(F)c2n1. The minimum atomic E-state index is -4.83. The molecule has 14 heteroatoms. The van der Waals surface area contributed by atoms with E-state index in [2.05, 4.69) is 19.9 Å². The van der Waals surface area contributed by atoms with Crippen LogP contribution in [0.2, 0.25) is 5.02 Å². The Morgan fingerprint density at radius 3 is 2.64 bits per heavy atom. The van der Waals surface area contributed by atoms with Crippen molar-refractivity contribution in [2.45, 2.75) is 12.6 Å². The smallest absolute Gasteiger partial charge is 0.418 e. The number of fused-ring (bicyclic) bond motifs is 1. The molecule has 2 saturated heterocycles. The van der Waals surface area contributed by atoms with E-state index in [1.807, 2.05) is 11.0 Å². The summed E-state index contributed by atoms with van der Waals surface area (Å²) >= 11 is 5.85. The summed E-state index contributed by atoms with van der Waals surface area (Å²) in [5.41, 5.74) is -2.47. The molecule has 0 N–H and O–H groups in total. The molecule has 2 aromatic heterocycles. The molecule has 2 aliphatic rings. The fraction of sp³-hybridized carbons (Fsp3) is 0.429. The van der Waals surface area contributed by atoms with Crippen LogP contribution >= 0.6 is 11.6 Å². The van der Waals surface area contributed by atoms with Crippen molar-refractivity contribution in [3.8, 4) is 17.3 Å². The fourth-order valence-electron chi connectivity index (χ4n) is 5.08. The van der Waals surface area contributed by atoms with Crippen LogP contribution in [-0.4, -0.2) is 96.8 Å². The number of hydrogen-bond acceptors (Lipinski definition) is 8. The average Bonchev–Trinajstić information content (AvgIpc) is 3.25. The van der Waals surface area contributed by atoms with E-state index in [0.717, 1.165) is 38.2 Å². The Hall–Kier alpha value is -3.55. The quantitative estimate of drug-likeness (QED) is 0.300. The minimum Gasteiger partial charge on any atom is -0.467 e. The van der Waals surface area contributed by atoms with Crippen LogP contribution in [0.4, 0.5) is 23.4 Å². The molecule has 4 heterocycles. The maximum Gasteiger partial charge on any atom is 0.418 e. The number of nitrogens with zero attached hydrogens (tertiary/aromatic N) is 6. The van der Waals surface area contributed by atoms with Crippen molar-refractivity contribution in [1.29, 1.82) is 0 Å². The van der Waals surface area contributed by atoms with Crippen molar-refractivity contribution in [3.63, 3.8) is 0 Å². The van der Waals surface area contributed by atoms with Crippen molar-refractivity contribution in [1.82, 2.24) is 24.8 Å². The van der Waals surface area contributed by atoms with E-state index < -0.39 is 33.8 Å². The van der Waals surface area contributed by atoms with Crippen molar-refractivity contribution >= 4 is 34.2 Å². The molecule has 42 heavy (non-hydrogen) atoms. The number of rotatable bonds is 6. The molecule has 2 aliphatic heterocycles. The number of carbonyl (C=O) groups is 1. The van der Waals surface area contributed by atoms with Crippen LogP contribution < -0.4 is 9.64 Å². The van der Waals surface area contributed by atoms with Crippen molar-refractivity contribution < 1.29 is 31.8 Å². The van der Waals surface area contributed by atoms with Gasteiger partial charge in [-0.2, -0.15) is 23.1 Å². The fourth-order valence-corrected chi connectivity index (χ4v) is 5.36. The minimum absolute atomic E-state index is 0.106. The van der Waals surface area contributed by atoms with E-state index in [4.69, 9.17) is 21.1 Å². The Morgan fingerprint density at radius 2 is 1.90 bits per heavy atom. The van der Waals surface area contributed by atoms with E-state index >= 15 is 4.39 Å². The normalized spacial score (nSPS) is 17.2. The number of piperazine rings is 1. The molecule has 3 aromatic rings. The summed E-state index contributed by atoms with van der Waals surface area (Å²) in [7, 11) is 1.31. The summed E-state index contributed by atoms with van der Waals surface area (Å²) in [5.74, 6) is -0.856. The first-order valence-electron chi connectivity index (χ1n) is 13.4. The first kappa shape index (κ1) is 29.9. The first-order chi connectivity index (χ1) is 20.2. The second-order valence-electron chi connectivity index (χ2n) is 9.86. The number of ether oxygens (including phenoxy) is 2. The standard InChI is InChI=1S/C28H29ClF4N6O3/c1-41-27-35-25-19(17-34-24(23(25)30)18-5-2-6-20(29)22(18)28(31,32)33)26(36-27)39-12-10-38(11-13-39)21(40)7-3-8-37-9-4-15-42-16-14-37/h2-3,5-7,17H,4,8-16H2,1H3/b7-3+. The van der Waals surface area contributed by atoms with Gasteiger partial charge in [-0.15, -0.1) is 0 Å². The molecule has 0 bridgehead atoms.